The van der Waals surface area contributed by atoms with Crippen LogP contribution in [0.4, 0.5) is 10.1 Å². The molecule has 0 bridgehead atoms. The number of anilines is 1. The third-order valence-electron chi connectivity index (χ3n) is 2.99. The second-order valence-electron chi connectivity index (χ2n) is 4.16. The third kappa shape index (κ3) is 2.96. The van der Waals surface area contributed by atoms with Crippen molar-refractivity contribution in [1.82, 2.24) is 4.98 Å². The number of carbonyl (C=O) groups is 1. The molecule has 0 fully saturated rings. The topological polar surface area (TPSA) is 33.2 Å². The normalized spacial score (nSPS) is 10.2. The zero-order valence-corrected chi connectivity index (χ0v) is 10.7. The van der Waals surface area contributed by atoms with Crippen LogP contribution in [-0.2, 0) is 6.54 Å². The van der Waals surface area contributed by atoms with Gasteiger partial charge in [0, 0.05) is 25.5 Å². The zero-order chi connectivity index (χ0) is 13.7. The number of rotatable bonds is 5. The van der Waals surface area contributed by atoms with Crippen LogP contribution >= 0.6 is 0 Å². The molecule has 3 nitrogen and oxygen atoms in total. The van der Waals surface area contributed by atoms with E-state index < -0.39 is 5.82 Å². The summed E-state index contributed by atoms with van der Waals surface area (Å²) >= 11 is 0. The molecule has 0 amide bonds. The lowest BCUT2D eigenvalue weighted by atomic mass is 10.1. The van der Waals surface area contributed by atoms with Crippen LogP contribution in [0.3, 0.4) is 0 Å². The number of carbonyl (C=O) groups excluding carboxylic acids is 1. The molecule has 19 heavy (non-hydrogen) atoms. The predicted molar refractivity (Wildman–Crippen MR) is 72.7 cm³/mol. The molecule has 1 heterocycles. The Morgan fingerprint density at radius 2 is 2.00 bits per heavy atom. The van der Waals surface area contributed by atoms with Crippen molar-refractivity contribution in [3.05, 3.63) is 59.7 Å². The number of hydrogen-bond acceptors (Lipinski definition) is 3. The van der Waals surface area contributed by atoms with Gasteiger partial charge in [-0.1, -0.05) is 6.07 Å². The average Bonchev–Trinajstić information content (AvgIpc) is 2.45. The summed E-state index contributed by atoms with van der Waals surface area (Å²) in [5, 5.41) is 0. The van der Waals surface area contributed by atoms with E-state index in [1.807, 2.05) is 24.0 Å². The van der Waals surface area contributed by atoms with Gasteiger partial charge in [0.15, 0.2) is 6.29 Å². The minimum atomic E-state index is -0.485. The molecule has 1 aromatic carbocycles. The highest BCUT2D eigenvalue weighted by molar-refractivity contribution is 5.85. The molecular formula is C15H15FN2O. The second kappa shape index (κ2) is 6.09. The smallest absolute Gasteiger partial charge is 0.155 e. The van der Waals surface area contributed by atoms with E-state index in [4.69, 9.17) is 0 Å². The minimum absolute atomic E-state index is 0.110. The van der Waals surface area contributed by atoms with Crippen molar-refractivity contribution in [2.45, 2.75) is 13.5 Å². The Balaban J connectivity index is 2.32. The third-order valence-corrected chi connectivity index (χ3v) is 2.99. The van der Waals surface area contributed by atoms with Crippen molar-refractivity contribution in [3.8, 4) is 0 Å². The molecule has 2 rings (SSSR count). The maximum atomic E-state index is 13.6. The van der Waals surface area contributed by atoms with Gasteiger partial charge in [0.1, 0.15) is 5.82 Å². The molecule has 0 radical (unpaired) electrons. The van der Waals surface area contributed by atoms with Crippen LogP contribution in [0.15, 0.2) is 42.7 Å². The summed E-state index contributed by atoms with van der Waals surface area (Å²) in [5.74, 6) is -0.485. The van der Waals surface area contributed by atoms with Crippen LogP contribution < -0.4 is 4.90 Å². The van der Waals surface area contributed by atoms with Gasteiger partial charge in [-0.15, -0.1) is 0 Å². The molecule has 0 N–H and O–H groups in total. The zero-order valence-electron chi connectivity index (χ0n) is 10.7. The van der Waals surface area contributed by atoms with Crippen LogP contribution in [0, 0.1) is 5.82 Å². The molecule has 0 aliphatic rings. The number of hydrogen-bond donors (Lipinski definition) is 0. The van der Waals surface area contributed by atoms with Gasteiger partial charge in [-0.25, -0.2) is 4.39 Å². The Morgan fingerprint density at radius 3 is 2.63 bits per heavy atom. The van der Waals surface area contributed by atoms with Gasteiger partial charge in [-0.2, -0.15) is 0 Å². The Morgan fingerprint density at radius 1 is 1.26 bits per heavy atom. The molecule has 0 saturated heterocycles. The molecule has 2 aromatic rings. The van der Waals surface area contributed by atoms with E-state index in [-0.39, 0.29) is 5.56 Å². The standard InChI is InChI=1S/C15H15FN2O/c1-2-18(10-12-6-8-17-9-7-12)15-5-3-4-14(16)13(15)11-19/h3-9,11H,2,10H2,1H3. The van der Waals surface area contributed by atoms with Gasteiger partial charge in [-0.05, 0) is 36.8 Å². The number of aldehydes is 1. The van der Waals surface area contributed by atoms with E-state index in [9.17, 15) is 9.18 Å². The minimum Gasteiger partial charge on any atom is -0.367 e. The number of nitrogens with zero attached hydrogens (tertiary/aromatic N) is 2. The molecule has 1 aromatic heterocycles. The number of aromatic nitrogens is 1. The van der Waals surface area contributed by atoms with Gasteiger partial charge >= 0.3 is 0 Å². The van der Waals surface area contributed by atoms with Crippen molar-refractivity contribution in [2.24, 2.45) is 0 Å². The van der Waals surface area contributed by atoms with E-state index in [2.05, 4.69) is 4.98 Å². The van der Waals surface area contributed by atoms with E-state index in [1.54, 1.807) is 24.5 Å². The molecule has 0 aliphatic carbocycles. The number of benzene rings is 1. The monoisotopic (exact) mass is 258 g/mol. The summed E-state index contributed by atoms with van der Waals surface area (Å²) < 4.78 is 13.6. The summed E-state index contributed by atoms with van der Waals surface area (Å²) in [6, 6.07) is 8.49. The van der Waals surface area contributed by atoms with E-state index in [1.165, 1.54) is 6.07 Å². The van der Waals surface area contributed by atoms with E-state index >= 15 is 0 Å². The fourth-order valence-corrected chi connectivity index (χ4v) is 1.99. The highest BCUT2D eigenvalue weighted by Crippen LogP contribution is 2.23. The fraction of sp³-hybridized carbons (Fsp3) is 0.200. The maximum Gasteiger partial charge on any atom is 0.155 e. The quantitative estimate of drug-likeness (QED) is 0.773. The van der Waals surface area contributed by atoms with Crippen molar-refractivity contribution in [1.29, 1.82) is 0 Å². The predicted octanol–water partition coefficient (Wildman–Crippen LogP) is 3.06. The van der Waals surface area contributed by atoms with E-state index in [0.29, 0.717) is 25.1 Å². The molecule has 0 atom stereocenters. The lowest BCUT2D eigenvalue weighted by Crippen LogP contribution is -2.23. The lowest BCUT2D eigenvalue weighted by Gasteiger charge is -2.24. The van der Waals surface area contributed by atoms with Gasteiger partial charge in [0.25, 0.3) is 0 Å². The summed E-state index contributed by atoms with van der Waals surface area (Å²) in [7, 11) is 0. The van der Waals surface area contributed by atoms with Gasteiger partial charge < -0.3 is 4.90 Å². The first-order valence-corrected chi connectivity index (χ1v) is 6.13. The molecule has 0 saturated carbocycles. The average molecular weight is 258 g/mol. The Bertz CT molecular complexity index is 557. The summed E-state index contributed by atoms with van der Waals surface area (Å²) in [6.45, 7) is 3.27. The molecule has 0 aliphatic heterocycles. The van der Waals surface area contributed by atoms with Crippen LogP contribution in [0.25, 0.3) is 0 Å². The molecule has 4 heteroatoms. The van der Waals surface area contributed by atoms with Gasteiger partial charge in [-0.3, -0.25) is 9.78 Å². The first-order valence-electron chi connectivity index (χ1n) is 6.13. The first-order chi connectivity index (χ1) is 9.26. The van der Waals surface area contributed by atoms with Crippen molar-refractivity contribution >= 4 is 12.0 Å². The maximum absolute atomic E-state index is 13.6. The van der Waals surface area contributed by atoms with Crippen LogP contribution in [0.5, 0.6) is 0 Å². The highest BCUT2D eigenvalue weighted by Gasteiger charge is 2.13. The Hall–Kier alpha value is -2.23. The molecule has 0 spiro atoms. The Kier molecular flexibility index (Phi) is 4.23. The lowest BCUT2D eigenvalue weighted by molar-refractivity contribution is 0.112. The van der Waals surface area contributed by atoms with E-state index in [0.717, 1.165) is 5.56 Å². The highest BCUT2D eigenvalue weighted by atomic mass is 19.1. The summed E-state index contributed by atoms with van der Waals surface area (Å²) in [5.41, 5.74) is 1.80. The van der Waals surface area contributed by atoms with Crippen LogP contribution in [0.1, 0.15) is 22.8 Å². The summed E-state index contributed by atoms with van der Waals surface area (Å²) in [4.78, 5) is 17.0. The van der Waals surface area contributed by atoms with Crippen molar-refractivity contribution in [2.75, 3.05) is 11.4 Å². The van der Waals surface area contributed by atoms with Crippen LogP contribution in [0.2, 0.25) is 0 Å². The largest absolute Gasteiger partial charge is 0.367 e. The first kappa shape index (κ1) is 13.2. The Labute approximate surface area is 111 Å². The van der Waals surface area contributed by atoms with Crippen molar-refractivity contribution < 1.29 is 9.18 Å². The summed E-state index contributed by atoms with van der Waals surface area (Å²) in [6.07, 6.45) is 4.00. The number of pyridine rings is 1. The molecular weight excluding hydrogens is 243 g/mol. The molecule has 98 valence electrons. The second-order valence-corrected chi connectivity index (χ2v) is 4.16. The van der Waals surface area contributed by atoms with Gasteiger partial charge in [0.2, 0.25) is 0 Å². The fourth-order valence-electron chi connectivity index (χ4n) is 1.99. The van der Waals surface area contributed by atoms with Gasteiger partial charge in [0.05, 0.1) is 11.3 Å². The van der Waals surface area contributed by atoms with Crippen LogP contribution in [-0.4, -0.2) is 17.8 Å². The SMILES string of the molecule is CCN(Cc1ccncc1)c1cccc(F)c1C=O. The molecule has 0 unspecified atom stereocenters. The van der Waals surface area contributed by atoms with Crippen molar-refractivity contribution in [3.63, 3.8) is 0 Å². The number of halogens is 1.